The maximum atomic E-state index is 9.08. The molecule has 0 unspecified atom stereocenters. The molecule has 0 spiro atoms. The molecule has 3 heteroatoms. The smallest absolute Gasteiger partial charge is 0.114 e. The van der Waals surface area contributed by atoms with Crippen LogP contribution in [0.5, 0.6) is 0 Å². The summed E-state index contributed by atoms with van der Waals surface area (Å²) in [7, 11) is 0. The van der Waals surface area contributed by atoms with E-state index in [1.165, 1.54) is 5.56 Å². The second-order valence-electron chi connectivity index (χ2n) is 4.18. The number of aliphatic hydroxyl groups is 1. The van der Waals surface area contributed by atoms with Crippen LogP contribution in [0.3, 0.4) is 0 Å². The Balaban J connectivity index is 2.50. The molecule has 0 aliphatic rings. The summed E-state index contributed by atoms with van der Waals surface area (Å²) >= 11 is 3.40. The highest BCUT2D eigenvalue weighted by Crippen LogP contribution is 2.09. The molecule has 0 fully saturated rings. The Bertz CT molecular complexity index is 282. The third-order valence-corrected chi connectivity index (χ3v) is 2.74. The molecule has 0 radical (unpaired) electrons. The fourth-order valence-corrected chi connectivity index (χ4v) is 1.34. The van der Waals surface area contributed by atoms with Gasteiger partial charge in [0.2, 0.25) is 0 Å². The van der Waals surface area contributed by atoms with Gasteiger partial charge in [-0.25, -0.2) is 0 Å². The highest BCUT2D eigenvalue weighted by Gasteiger charge is 2.18. The van der Waals surface area contributed by atoms with Gasteiger partial charge in [-0.15, -0.1) is 0 Å². The molecular formula is C11H17BrNO+. The first-order chi connectivity index (χ1) is 6.53. The van der Waals surface area contributed by atoms with E-state index in [4.69, 9.17) is 5.11 Å². The summed E-state index contributed by atoms with van der Waals surface area (Å²) in [5.74, 6) is 0. The van der Waals surface area contributed by atoms with Gasteiger partial charge in [0, 0.05) is 10.0 Å². The van der Waals surface area contributed by atoms with Crippen molar-refractivity contribution in [2.75, 3.05) is 6.61 Å². The van der Waals surface area contributed by atoms with Crippen LogP contribution in [-0.4, -0.2) is 17.3 Å². The second-order valence-corrected chi connectivity index (χ2v) is 5.10. The minimum atomic E-state index is -0.0902. The van der Waals surface area contributed by atoms with Crippen LogP contribution in [0.1, 0.15) is 19.4 Å². The lowest BCUT2D eigenvalue weighted by Gasteiger charge is -2.19. The zero-order valence-electron chi connectivity index (χ0n) is 8.63. The molecule has 0 heterocycles. The number of hydrogen-bond acceptors (Lipinski definition) is 1. The van der Waals surface area contributed by atoms with Gasteiger partial charge in [0.15, 0.2) is 0 Å². The van der Waals surface area contributed by atoms with Gasteiger partial charge in [-0.05, 0) is 26.0 Å². The van der Waals surface area contributed by atoms with E-state index in [1.54, 1.807) is 0 Å². The van der Waals surface area contributed by atoms with E-state index in [0.29, 0.717) is 0 Å². The number of halogens is 1. The predicted octanol–water partition coefficient (Wildman–Crippen LogP) is 1.28. The Morgan fingerprint density at radius 1 is 1.29 bits per heavy atom. The van der Waals surface area contributed by atoms with E-state index < -0.39 is 0 Å². The zero-order chi connectivity index (χ0) is 10.6. The Morgan fingerprint density at radius 3 is 2.36 bits per heavy atom. The summed E-state index contributed by atoms with van der Waals surface area (Å²) in [6, 6.07) is 8.26. The number of nitrogens with two attached hydrogens (primary N) is 1. The number of benzene rings is 1. The molecule has 0 aliphatic carbocycles. The van der Waals surface area contributed by atoms with E-state index >= 15 is 0 Å². The molecular weight excluding hydrogens is 242 g/mol. The summed E-state index contributed by atoms with van der Waals surface area (Å²) in [5.41, 5.74) is 1.18. The fourth-order valence-electron chi connectivity index (χ4n) is 1.08. The molecule has 0 atom stereocenters. The summed E-state index contributed by atoms with van der Waals surface area (Å²) in [5, 5.41) is 11.2. The van der Waals surface area contributed by atoms with Gasteiger partial charge in [-0.2, -0.15) is 0 Å². The maximum absolute atomic E-state index is 9.08. The molecule has 0 bridgehead atoms. The monoisotopic (exact) mass is 258 g/mol. The van der Waals surface area contributed by atoms with Gasteiger partial charge in [-0.1, -0.05) is 28.1 Å². The normalized spacial score (nSPS) is 11.7. The van der Waals surface area contributed by atoms with Crippen LogP contribution < -0.4 is 5.32 Å². The maximum Gasteiger partial charge on any atom is 0.114 e. The van der Waals surface area contributed by atoms with Crippen molar-refractivity contribution in [2.45, 2.75) is 25.9 Å². The summed E-state index contributed by atoms with van der Waals surface area (Å²) < 4.78 is 1.10. The van der Waals surface area contributed by atoms with Gasteiger partial charge in [0.1, 0.15) is 12.1 Å². The van der Waals surface area contributed by atoms with Gasteiger partial charge < -0.3 is 10.4 Å². The molecule has 3 N–H and O–H groups in total. The van der Waals surface area contributed by atoms with Crippen molar-refractivity contribution in [1.29, 1.82) is 0 Å². The van der Waals surface area contributed by atoms with Crippen LogP contribution in [0.25, 0.3) is 0 Å². The molecule has 2 nitrogen and oxygen atoms in total. The highest BCUT2D eigenvalue weighted by molar-refractivity contribution is 9.10. The minimum Gasteiger partial charge on any atom is -0.390 e. The van der Waals surface area contributed by atoms with Crippen molar-refractivity contribution in [2.24, 2.45) is 0 Å². The number of quaternary nitrogens is 1. The van der Waals surface area contributed by atoms with E-state index in [1.807, 2.05) is 26.0 Å². The quantitative estimate of drug-likeness (QED) is 0.839. The van der Waals surface area contributed by atoms with Crippen LogP contribution in [0.4, 0.5) is 0 Å². The molecule has 1 aromatic rings. The van der Waals surface area contributed by atoms with E-state index in [-0.39, 0.29) is 12.1 Å². The fraction of sp³-hybridized carbons (Fsp3) is 0.455. The highest BCUT2D eigenvalue weighted by atomic mass is 79.9. The van der Waals surface area contributed by atoms with Crippen molar-refractivity contribution < 1.29 is 10.4 Å². The molecule has 1 aromatic carbocycles. The van der Waals surface area contributed by atoms with Crippen molar-refractivity contribution in [3.05, 3.63) is 34.3 Å². The zero-order valence-corrected chi connectivity index (χ0v) is 10.2. The van der Waals surface area contributed by atoms with Crippen LogP contribution >= 0.6 is 15.9 Å². The van der Waals surface area contributed by atoms with Crippen LogP contribution in [0.15, 0.2) is 28.7 Å². The standard InChI is InChI=1S/C11H16BrNO/c1-11(2,8-14)13-7-9-3-5-10(12)6-4-9/h3-6,13-14H,7-8H2,1-2H3/p+1. The molecule has 0 amide bonds. The first kappa shape index (κ1) is 11.7. The summed E-state index contributed by atoms with van der Waals surface area (Å²) in [6.45, 7) is 5.17. The Kier molecular flexibility index (Phi) is 4.11. The van der Waals surface area contributed by atoms with Gasteiger partial charge in [0.05, 0.1) is 6.61 Å². The first-order valence-corrected chi connectivity index (χ1v) is 5.52. The first-order valence-electron chi connectivity index (χ1n) is 4.73. The van der Waals surface area contributed by atoms with E-state index in [2.05, 4.69) is 33.4 Å². The Morgan fingerprint density at radius 2 is 1.86 bits per heavy atom. The van der Waals surface area contributed by atoms with Gasteiger partial charge >= 0.3 is 0 Å². The van der Waals surface area contributed by atoms with Gasteiger partial charge in [-0.3, -0.25) is 0 Å². The summed E-state index contributed by atoms with van der Waals surface area (Å²) in [6.07, 6.45) is 0. The SMILES string of the molecule is CC(C)(CO)[NH2+]Cc1ccc(Br)cc1. The Hall–Kier alpha value is -0.380. The van der Waals surface area contributed by atoms with Crippen molar-refractivity contribution in [3.63, 3.8) is 0 Å². The summed E-state index contributed by atoms with van der Waals surface area (Å²) in [4.78, 5) is 0. The molecule has 0 aromatic heterocycles. The molecule has 0 aliphatic heterocycles. The van der Waals surface area contributed by atoms with Crippen LogP contribution in [0.2, 0.25) is 0 Å². The Labute approximate surface area is 93.5 Å². The lowest BCUT2D eigenvalue weighted by molar-refractivity contribution is -0.736. The lowest BCUT2D eigenvalue weighted by atomic mass is 10.1. The molecule has 0 saturated carbocycles. The third kappa shape index (κ3) is 3.78. The van der Waals surface area contributed by atoms with E-state index in [0.717, 1.165) is 11.0 Å². The number of hydrogen-bond donors (Lipinski definition) is 2. The van der Waals surface area contributed by atoms with Crippen molar-refractivity contribution in [3.8, 4) is 0 Å². The van der Waals surface area contributed by atoms with Crippen LogP contribution in [-0.2, 0) is 6.54 Å². The largest absolute Gasteiger partial charge is 0.390 e. The van der Waals surface area contributed by atoms with E-state index in [9.17, 15) is 0 Å². The van der Waals surface area contributed by atoms with Crippen molar-refractivity contribution >= 4 is 15.9 Å². The third-order valence-electron chi connectivity index (χ3n) is 2.21. The van der Waals surface area contributed by atoms with Crippen LogP contribution in [0, 0.1) is 0 Å². The molecule has 14 heavy (non-hydrogen) atoms. The number of aliphatic hydroxyl groups excluding tert-OH is 1. The molecule has 1 rings (SSSR count). The second kappa shape index (κ2) is 4.91. The lowest BCUT2D eigenvalue weighted by Crippen LogP contribution is -2.95. The average Bonchev–Trinajstić information content (AvgIpc) is 2.17. The minimum absolute atomic E-state index is 0.0902. The van der Waals surface area contributed by atoms with Gasteiger partial charge in [0.25, 0.3) is 0 Å². The average molecular weight is 259 g/mol. The topological polar surface area (TPSA) is 36.8 Å². The number of rotatable bonds is 4. The predicted molar refractivity (Wildman–Crippen MR) is 60.9 cm³/mol. The van der Waals surface area contributed by atoms with Crippen molar-refractivity contribution in [1.82, 2.24) is 0 Å². The molecule has 0 saturated heterocycles. The molecule has 78 valence electrons.